The molecule has 0 saturated heterocycles. The summed E-state index contributed by atoms with van der Waals surface area (Å²) in [4.78, 5) is 0. The van der Waals surface area contributed by atoms with E-state index in [4.69, 9.17) is 0 Å². The van der Waals surface area contributed by atoms with Gasteiger partial charge in [-0.05, 0) is 50.8 Å². The van der Waals surface area contributed by atoms with E-state index in [0.29, 0.717) is 18.9 Å². The first-order valence-corrected chi connectivity index (χ1v) is 6.10. The summed E-state index contributed by atoms with van der Waals surface area (Å²) in [5.74, 6) is 0. The molecule has 1 aromatic rings. The van der Waals surface area contributed by atoms with Gasteiger partial charge in [0.25, 0.3) is 0 Å². The lowest BCUT2D eigenvalue weighted by Gasteiger charge is -2.36. The largest absolute Gasteiger partial charge is 0.317 e. The van der Waals surface area contributed by atoms with Crippen LogP contribution in [0.1, 0.15) is 37.3 Å². The maximum atomic E-state index is 14.4. The Labute approximate surface area is 97.1 Å². The molecule has 1 aliphatic rings. The first-order chi connectivity index (χ1) is 7.65. The second kappa shape index (κ2) is 4.54. The fourth-order valence-corrected chi connectivity index (χ4v) is 2.32. The van der Waals surface area contributed by atoms with Crippen molar-refractivity contribution in [2.45, 2.75) is 44.3 Å². The third-order valence-corrected chi connectivity index (χ3v) is 3.67. The number of hydrogen-bond acceptors (Lipinski definition) is 1. The van der Waals surface area contributed by atoms with Crippen LogP contribution in [0.4, 0.5) is 4.39 Å². The summed E-state index contributed by atoms with van der Waals surface area (Å²) in [6, 6.07) is 8.36. The highest BCUT2D eigenvalue weighted by Crippen LogP contribution is 2.46. The molecule has 88 valence electrons. The van der Waals surface area contributed by atoms with Gasteiger partial charge in [-0.1, -0.05) is 24.3 Å². The molecular formula is C14H20FN. The average molecular weight is 221 g/mol. The molecule has 2 heteroatoms. The van der Waals surface area contributed by atoms with Crippen molar-refractivity contribution in [2.75, 3.05) is 7.05 Å². The van der Waals surface area contributed by atoms with Crippen LogP contribution in [0, 0.1) is 0 Å². The highest BCUT2D eigenvalue weighted by molar-refractivity contribution is 5.34. The lowest BCUT2D eigenvalue weighted by Crippen LogP contribution is -2.31. The van der Waals surface area contributed by atoms with Gasteiger partial charge in [-0.2, -0.15) is 0 Å². The minimum atomic E-state index is -1.04. The summed E-state index contributed by atoms with van der Waals surface area (Å²) in [7, 11) is 1.95. The predicted molar refractivity (Wildman–Crippen MR) is 65.3 cm³/mol. The van der Waals surface area contributed by atoms with Gasteiger partial charge < -0.3 is 5.32 Å². The van der Waals surface area contributed by atoms with E-state index in [9.17, 15) is 4.39 Å². The van der Waals surface area contributed by atoms with Crippen molar-refractivity contribution >= 4 is 0 Å². The van der Waals surface area contributed by atoms with Crippen molar-refractivity contribution in [1.82, 2.24) is 5.32 Å². The highest BCUT2D eigenvalue weighted by Gasteiger charge is 2.40. The summed E-state index contributed by atoms with van der Waals surface area (Å²) < 4.78 is 14.4. The SMILES string of the molecule is CNC(C)Cc1ccccc1C1(F)CCC1. The van der Waals surface area contributed by atoms with E-state index >= 15 is 0 Å². The molecule has 0 heterocycles. The molecule has 0 aliphatic heterocycles. The third kappa shape index (κ3) is 2.12. The first-order valence-electron chi connectivity index (χ1n) is 6.10. The molecule has 0 amide bonds. The monoisotopic (exact) mass is 221 g/mol. The predicted octanol–water partition coefficient (Wildman–Crippen LogP) is 3.19. The summed E-state index contributed by atoms with van der Waals surface area (Å²) in [6.45, 7) is 2.13. The molecule has 0 aromatic heterocycles. The Hall–Kier alpha value is -0.890. The van der Waals surface area contributed by atoms with Gasteiger partial charge in [-0.25, -0.2) is 4.39 Å². The van der Waals surface area contributed by atoms with Crippen LogP contribution in [-0.4, -0.2) is 13.1 Å². The van der Waals surface area contributed by atoms with Crippen LogP contribution in [0.25, 0.3) is 0 Å². The second-order valence-electron chi connectivity index (χ2n) is 4.87. The van der Waals surface area contributed by atoms with Crippen LogP contribution in [0.3, 0.4) is 0 Å². The molecule has 1 atom stereocenters. The molecule has 1 aliphatic carbocycles. The number of hydrogen-bond donors (Lipinski definition) is 1. The minimum Gasteiger partial charge on any atom is -0.317 e. The van der Waals surface area contributed by atoms with Gasteiger partial charge in [-0.3, -0.25) is 0 Å². The Morgan fingerprint density at radius 3 is 2.62 bits per heavy atom. The van der Waals surface area contributed by atoms with Gasteiger partial charge >= 0.3 is 0 Å². The van der Waals surface area contributed by atoms with E-state index in [1.807, 2.05) is 25.2 Å². The Morgan fingerprint density at radius 1 is 1.38 bits per heavy atom. The third-order valence-electron chi connectivity index (χ3n) is 3.67. The summed E-state index contributed by atoms with van der Waals surface area (Å²) in [5, 5.41) is 3.21. The maximum absolute atomic E-state index is 14.4. The Morgan fingerprint density at radius 2 is 2.06 bits per heavy atom. The molecule has 1 N–H and O–H groups in total. The lowest BCUT2D eigenvalue weighted by atomic mass is 9.74. The molecule has 0 spiro atoms. The summed E-state index contributed by atoms with van der Waals surface area (Å²) in [6.07, 6.45) is 3.31. The Balaban J connectivity index is 2.23. The topological polar surface area (TPSA) is 12.0 Å². The van der Waals surface area contributed by atoms with Crippen molar-refractivity contribution < 1.29 is 4.39 Å². The number of nitrogens with one attached hydrogen (secondary N) is 1. The minimum absolute atomic E-state index is 0.393. The summed E-state index contributed by atoms with van der Waals surface area (Å²) >= 11 is 0. The van der Waals surface area contributed by atoms with Crippen LogP contribution in [0.5, 0.6) is 0 Å². The quantitative estimate of drug-likeness (QED) is 0.823. The number of benzene rings is 1. The second-order valence-corrected chi connectivity index (χ2v) is 4.87. The van der Waals surface area contributed by atoms with Crippen LogP contribution >= 0.6 is 0 Å². The standard InChI is InChI=1S/C14H20FN/c1-11(16-2)10-12-6-3-4-7-13(12)14(15)8-5-9-14/h3-4,6-7,11,16H,5,8-10H2,1-2H3. The van der Waals surface area contributed by atoms with Gasteiger partial charge in [0.15, 0.2) is 0 Å². The van der Waals surface area contributed by atoms with Gasteiger partial charge in [0.05, 0.1) is 0 Å². The van der Waals surface area contributed by atoms with E-state index in [2.05, 4.69) is 18.3 Å². The molecular weight excluding hydrogens is 201 g/mol. The van der Waals surface area contributed by atoms with Gasteiger partial charge in [-0.15, -0.1) is 0 Å². The normalized spacial score (nSPS) is 20.2. The van der Waals surface area contributed by atoms with E-state index in [1.165, 1.54) is 0 Å². The van der Waals surface area contributed by atoms with Crippen molar-refractivity contribution in [2.24, 2.45) is 0 Å². The Kier molecular flexibility index (Phi) is 3.29. The molecule has 0 radical (unpaired) electrons. The lowest BCUT2D eigenvalue weighted by molar-refractivity contribution is 0.0598. The molecule has 16 heavy (non-hydrogen) atoms. The van der Waals surface area contributed by atoms with Gasteiger partial charge in [0.2, 0.25) is 0 Å². The smallest absolute Gasteiger partial charge is 0.136 e. The van der Waals surface area contributed by atoms with E-state index in [-0.39, 0.29) is 0 Å². The van der Waals surface area contributed by atoms with E-state index in [1.54, 1.807) is 0 Å². The molecule has 1 nitrogen and oxygen atoms in total. The molecule has 1 saturated carbocycles. The molecule has 1 unspecified atom stereocenters. The zero-order valence-corrected chi connectivity index (χ0v) is 10.1. The fraction of sp³-hybridized carbons (Fsp3) is 0.571. The van der Waals surface area contributed by atoms with Crippen LogP contribution in [-0.2, 0) is 12.1 Å². The van der Waals surface area contributed by atoms with E-state index in [0.717, 1.165) is 24.0 Å². The fourth-order valence-electron chi connectivity index (χ4n) is 2.32. The van der Waals surface area contributed by atoms with E-state index < -0.39 is 5.67 Å². The zero-order chi connectivity index (χ0) is 11.6. The Bertz CT molecular complexity index is 358. The van der Waals surface area contributed by atoms with Crippen LogP contribution in [0.15, 0.2) is 24.3 Å². The molecule has 1 aromatic carbocycles. The van der Waals surface area contributed by atoms with Crippen molar-refractivity contribution in [3.8, 4) is 0 Å². The zero-order valence-electron chi connectivity index (χ0n) is 10.1. The highest BCUT2D eigenvalue weighted by atomic mass is 19.1. The average Bonchev–Trinajstić information content (AvgIpc) is 2.26. The maximum Gasteiger partial charge on any atom is 0.136 e. The molecule has 0 bridgehead atoms. The number of likely N-dealkylation sites (N-methyl/N-ethyl adjacent to an activating group) is 1. The molecule has 2 rings (SSSR count). The van der Waals surface area contributed by atoms with Gasteiger partial charge in [0, 0.05) is 6.04 Å². The first kappa shape index (κ1) is 11.6. The molecule has 1 fully saturated rings. The number of alkyl halides is 1. The van der Waals surface area contributed by atoms with Crippen LogP contribution < -0.4 is 5.32 Å². The van der Waals surface area contributed by atoms with Gasteiger partial charge in [0.1, 0.15) is 5.67 Å². The number of halogens is 1. The van der Waals surface area contributed by atoms with Crippen LogP contribution in [0.2, 0.25) is 0 Å². The number of rotatable bonds is 4. The summed E-state index contributed by atoms with van der Waals surface area (Å²) in [5.41, 5.74) is 1.04. The van der Waals surface area contributed by atoms with Crippen molar-refractivity contribution in [1.29, 1.82) is 0 Å². The van der Waals surface area contributed by atoms with Crippen molar-refractivity contribution in [3.05, 3.63) is 35.4 Å². The van der Waals surface area contributed by atoms with Crippen molar-refractivity contribution in [3.63, 3.8) is 0 Å².